The van der Waals surface area contributed by atoms with Crippen LogP contribution in [0, 0.1) is 5.92 Å². The number of esters is 1. The van der Waals surface area contributed by atoms with Gasteiger partial charge in [0, 0.05) is 25.7 Å². The maximum atomic E-state index is 13.3. The summed E-state index contributed by atoms with van der Waals surface area (Å²) in [6, 6.07) is 4.08. The third-order valence-electron chi connectivity index (χ3n) is 6.45. The van der Waals surface area contributed by atoms with Gasteiger partial charge in [-0.15, -0.1) is 0 Å². The molecule has 8 nitrogen and oxygen atoms in total. The maximum Gasteiger partial charge on any atom is 0.338 e. The van der Waals surface area contributed by atoms with Crippen LogP contribution < -0.4 is 4.74 Å². The van der Waals surface area contributed by atoms with E-state index in [9.17, 15) is 18.0 Å². The number of benzene rings is 1. The summed E-state index contributed by atoms with van der Waals surface area (Å²) in [4.78, 5) is 27.1. The van der Waals surface area contributed by atoms with E-state index in [2.05, 4.69) is 6.92 Å². The molecular formula is C23H34N2O6S. The summed E-state index contributed by atoms with van der Waals surface area (Å²) < 4.78 is 38.9. The molecule has 0 aromatic heterocycles. The van der Waals surface area contributed by atoms with Gasteiger partial charge in [0.05, 0.1) is 12.7 Å². The first-order valence-corrected chi connectivity index (χ1v) is 12.8. The third kappa shape index (κ3) is 5.26. The Hall–Kier alpha value is -2.13. The molecule has 0 radical (unpaired) electrons. The van der Waals surface area contributed by atoms with Crippen molar-refractivity contribution < 1.29 is 27.5 Å². The molecule has 0 N–H and O–H groups in total. The molecule has 1 aromatic rings. The molecule has 2 atom stereocenters. The maximum absolute atomic E-state index is 13.3. The van der Waals surface area contributed by atoms with Crippen LogP contribution in [0.5, 0.6) is 5.75 Å². The predicted octanol–water partition coefficient (Wildman–Crippen LogP) is 3.06. The topological polar surface area (TPSA) is 93.2 Å². The number of likely N-dealkylation sites (tertiary alicyclic amines) is 1. The van der Waals surface area contributed by atoms with Gasteiger partial charge in [0.1, 0.15) is 10.6 Å². The molecule has 2 aliphatic rings. The second-order valence-electron chi connectivity index (χ2n) is 8.88. The lowest BCUT2D eigenvalue weighted by atomic mass is 9.99. The average Bonchev–Trinajstić information content (AvgIpc) is 2.78. The zero-order valence-electron chi connectivity index (χ0n) is 19.4. The highest BCUT2D eigenvalue weighted by Crippen LogP contribution is 2.32. The second-order valence-corrected chi connectivity index (χ2v) is 10.7. The summed E-state index contributed by atoms with van der Waals surface area (Å²) >= 11 is 0. The molecule has 2 heterocycles. The number of piperidine rings is 2. The highest BCUT2D eigenvalue weighted by molar-refractivity contribution is 7.89. The predicted molar refractivity (Wildman–Crippen MR) is 120 cm³/mol. The molecule has 0 bridgehead atoms. The van der Waals surface area contributed by atoms with Crippen molar-refractivity contribution in [2.24, 2.45) is 5.92 Å². The first-order valence-electron chi connectivity index (χ1n) is 11.3. The van der Waals surface area contributed by atoms with Crippen LogP contribution in [0.25, 0.3) is 0 Å². The Labute approximate surface area is 190 Å². The molecule has 2 fully saturated rings. The van der Waals surface area contributed by atoms with Gasteiger partial charge in [0.2, 0.25) is 10.0 Å². The molecule has 3 rings (SSSR count). The lowest BCUT2D eigenvalue weighted by Crippen LogP contribution is -2.44. The van der Waals surface area contributed by atoms with Crippen LogP contribution in [0.1, 0.15) is 63.2 Å². The molecule has 2 aliphatic heterocycles. The van der Waals surface area contributed by atoms with Crippen molar-refractivity contribution in [3.8, 4) is 5.75 Å². The van der Waals surface area contributed by atoms with Crippen LogP contribution in [-0.2, 0) is 19.6 Å². The van der Waals surface area contributed by atoms with Crippen molar-refractivity contribution in [1.29, 1.82) is 0 Å². The number of carbonyl (C=O) groups is 2. The standard InChI is InChI=1S/C23H34N2O6S/c1-16-10-13-24(14-11-16)22(26)18(3)31-23(27)19-8-9-20(30-4)21(15-19)32(28,29)25-12-6-5-7-17(25)2/h8-9,15-18H,5-7,10-14H2,1-4H3/t17-,18+/m0/s1. The molecule has 1 aromatic carbocycles. The SMILES string of the molecule is COc1ccc(C(=O)O[C@H](C)C(=O)N2CCC(C)CC2)cc1S(=O)(=O)N1CCCC[C@@H]1C. The van der Waals surface area contributed by atoms with Crippen LogP contribution in [0.15, 0.2) is 23.1 Å². The Morgan fingerprint density at radius 2 is 1.75 bits per heavy atom. The number of sulfonamides is 1. The molecule has 0 aliphatic carbocycles. The van der Waals surface area contributed by atoms with Gasteiger partial charge in [-0.25, -0.2) is 13.2 Å². The zero-order chi connectivity index (χ0) is 23.5. The fourth-order valence-electron chi connectivity index (χ4n) is 4.33. The number of nitrogens with zero attached hydrogens (tertiary/aromatic N) is 2. The summed E-state index contributed by atoms with van der Waals surface area (Å²) in [7, 11) is -2.46. The zero-order valence-corrected chi connectivity index (χ0v) is 20.2. The normalized spacial score (nSPS) is 21.8. The fraction of sp³-hybridized carbons (Fsp3) is 0.652. The molecule has 1 amide bonds. The summed E-state index contributed by atoms with van der Waals surface area (Å²) in [5, 5.41) is 0. The van der Waals surface area contributed by atoms with E-state index in [0.717, 1.165) is 32.1 Å². The first-order chi connectivity index (χ1) is 15.1. The van der Waals surface area contributed by atoms with Gasteiger partial charge in [-0.1, -0.05) is 13.3 Å². The van der Waals surface area contributed by atoms with E-state index in [4.69, 9.17) is 9.47 Å². The smallest absolute Gasteiger partial charge is 0.338 e. The monoisotopic (exact) mass is 466 g/mol. The molecule has 0 spiro atoms. The van der Waals surface area contributed by atoms with Crippen molar-refractivity contribution >= 4 is 21.9 Å². The van der Waals surface area contributed by atoms with E-state index in [1.54, 1.807) is 11.8 Å². The van der Waals surface area contributed by atoms with Crippen molar-refractivity contribution in [2.45, 2.75) is 69.9 Å². The van der Waals surface area contributed by atoms with E-state index in [-0.39, 0.29) is 28.2 Å². The van der Waals surface area contributed by atoms with Gasteiger partial charge in [0.15, 0.2) is 6.10 Å². The average molecular weight is 467 g/mol. The summed E-state index contributed by atoms with van der Waals surface area (Å²) in [5.74, 6) is -0.208. The lowest BCUT2D eigenvalue weighted by Gasteiger charge is -2.32. The molecule has 2 saturated heterocycles. The highest BCUT2D eigenvalue weighted by Gasteiger charge is 2.34. The summed E-state index contributed by atoms with van der Waals surface area (Å²) in [5.41, 5.74) is 0.0703. The van der Waals surface area contributed by atoms with Crippen molar-refractivity contribution in [2.75, 3.05) is 26.7 Å². The highest BCUT2D eigenvalue weighted by atomic mass is 32.2. The van der Waals surface area contributed by atoms with Gasteiger partial charge >= 0.3 is 5.97 Å². The second kappa shape index (κ2) is 10.2. The van der Waals surface area contributed by atoms with Gasteiger partial charge < -0.3 is 14.4 Å². The largest absolute Gasteiger partial charge is 0.495 e. The van der Waals surface area contributed by atoms with Crippen molar-refractivity contribution in [1.82, 2.24) is 9.21 Å². The number of hydrogen-bond donors (Lipinski definition) is 0. The van der Waals surface area contributed by atoms with Crippen LogP contribution in [0.4, 0.5) is 0 Å². The van der Waals surface area contributed by atoms with Crippen LogP contribution in [0.3, 0.4) is 0 Å². The van der Waals surface area contributed by atoms with Crippen LogP contribution in [0.2, 0.25) is 0 Å². The Balaban J connectivity index is 1.78. The number of hydrogen-bond acceptors (Lipinski definition) is 6. The lowest BCUT2D eigenvalue weighted by molar-refractivity contribution is -0.141. The molecule has 9 heteroatoms. The van der Waals surface area contributed by atoms with E-state index in [0.29, 0.717) is 25.6 Å². The Morgan fingerprint density at radius 3 is 2.38 bits per heavy atom. The minimum absolute atomic E-state index is 0.0628. The van der Waals surface area contributed by atoms with E-state index in [1.807, 2.05) is 6.92 Å². The molecule has 0 saturated carbocycles. The van der Waals surface area contributed by atoms with Crippen molar-refractivity contribution in [3.05, 3.63) is 23.8 Å². The molecule has 32 heavy (non-hydrogen) atoms. The van der Waals surface area contributed by atoms with Gasteiger partial charge in [-0.3, -0.25) is 4.79 Å². The minimum Gasteiger partial charge on any atom is -0.495 e. The number of ether oxygens (including phenoxy) is 2. The first kappa shape index (κ1) is 24.5. The minimum atomic E-state index is -3.85. The Kier molecular flexibility index (Phi) is 7.82. The molecular weight excluding hydrogens is 432 g/mol. The summed E-state index contributed by atoms with van der Waals surface area (Å²) in [6.45, 7) is 7.33. The molecule has 0 unspecified atom stereocenters. The Bertz CT molecular complexity index is 940. The number of rotatable bonds is 6. The van der Waals surface area contributed by atoms with Crippen molar-refractivity contribution in [3.63, 3.8) is 0 Å². The van der Waals surface area contributed by atoms with Crippen LogP contribution in [-0.4, -0.2) is 68.4 Å². The number of carbonyl (C=O) groups excluding carboxylic acids is 2. The Morgan fingerprint density at radius 1 is 1.06 bits per heavy atom. The van der Waals surface area contributed by atoms with E-state index in [1.165, 1.54) is 29.6 Å². The third-order valence-corrected chi connectivity index (χ3v) is 8.49. The number of methoxy groups -OCH3 is 1. The van der Waals surface area contributed by atoms with Gasteiger partial charge in [-0.05, 0) is 63.6 Å². The fourth-order valence-corrected chi connectivity index (χ4v) is 6.21. The molecule has 178 valence electrons. The quantitative estimate of drug-likeness (QED) is 0.598. The van der Waals surface area contributed by atoms with Gasteiger partial charge in [-0.2, -0.15) is 4.31 Å². The number of amides is 1. The van der Waals surface area contributed by atoms with E-state index >= 15 is 0 Å². The van der Waals surface area contributed by atoms with E-state index < -0.39 is 22.1 Å². The van der Waals surface area contributed by atoms with Gasteiger partial charge in [0.25, 0.3) is 5.91 Å². The summed E-state index contributed by atoms with van der Waals surface area (Å²) in [6.07, 6.45) is 3.49. The van der Waals surface area contributed by atoms with Crippen LogP contribution >= 0.6 is 0 Å².